The van der Waals surface area contributed by atoms with E-state index < -0.39 is 280 Å². The van der Waals surface area contributed by atoms with Crippen molar-refractivity contribution in [1.29, 1.82) is 0 Å². The summed E-state index contributed by atoms with van der Waals surface area (Å²) in [5.74, 6) is -11.1. The topological polar surface area (TPSA) is 575 Å². The average molecular weight is 3650 g/mol. The quantitative estimate of drug-likeness (QED) is 0.0766. The number of hydrogen-bond donors (Lipinski definition) is 18. The van der Waals surface area contributed by atoms with Gasteiger partial charge in [0.25, 0.3) is 0 Å². The van der Waals surface area contributed by atoms with Crippen LogP contribution in [-0.4, -0.2) is 338 Å². The van der Waals surface area contributed by atoms with Gasteiger partial charge in [-0.25, -0.2) is 4.39 Å². The molecule has 135 heavy (non-hydrogen) atoms. The van der Waals surface area contributed by atoms with Crippen LogP contribution in [0.2, 0.25) is 0 Å². The van der Waals surface area contributed by atoms with Crippen LogP contribution < -0.4 is 0 Å². The molecule has 8 radical (unpaired) electrons. The molecule has 34 nitrogen and oxygen atoms in total. The first-order chi connectivity index (χ1) is 58.0. The zero-order valence-electron chi connectivity index (χ0n) is 80.4. The zero-order chi connectivity index (χ0) is 95.9. The zero-order valence-corrected chi connectivity index (χ0v) is 119. The maximum absolute atomic E-state index is 15.6. The Bertz CT molecular complexity index is 4100. The second kappa shape index (κ2) is 46.0. The molecule has 4 saturated heterocycles. The molecule has 4 aliphatic heterocycles. The third-order valence-electron chi connectivity index (χ3n) is 34.6. The summed E-state index contributed by atoms with van der Waals surface area (Å²) in [6.07, 6.45) is -26.4. The number of aliphatic hydroxyl groups is 18. The fraction of sp³-hybridized carbons (Fsp3) is 0.822. The van der Waals surface area contributed by atoms with Crippen LogP contribution in [-0.2, 0) is 76.3 Å². The Balaban J connectivity index is 0.000000365. The molecule has 12 fully saturated rings. The molecule has 18 N–H and O–H groups in total. The Labute approximate surface area is 1080 Å². The molecule has 16 rings (SSSR count). The third-order valence-corrected chi connectivity index (χ3v) is 35.3. The van der Waals surface area contributed by atoms with Crippen LogP contribution in [0.3, 0.4) is 0 Å². The van der Waals surface area contributed by atoms with E-state index in [1.54, 1.807) is 90.0 Å². The maximum Gasteiger partial charge on any atom is 0.303 e. The first-order valence-electron chi connectivity index (χ1n) is 43.6. The monoisotopic (exact) mass is 3650 g/mol. The molecule has 12 aliphatic carbocycles. The normalized spacial score (nSPS) is 47.1. The number of alkyl halides is 3. The summed E-state index contributed by atoms with van der Waals surface area (Å²) in [7, 11) is 0. The van der Waals surface area contributed by atoms with Gasteiger partial charge in [-0.3, -0.25) is 42.7 Å². The number of halogens is 3. The number of fused-ring (bicyclic) bond motifs is 20. The molecule has 0 aromatic carbocycles. The van der Waals surface area contributed by atoms with Gasteiger partial charge in [-0.05, 0) is 106 Å². The molecule has 16 aliphatic rings. The minimum atomic E-state index is -2.01. The summed E-state index contributed by atoms with van der Waals surface area (Å²) in [5, 5.41) is 204. The molecule has 36 atom stereocenters. The number of hydrogen-bond acceptors (Lipinski definition) is 34. The third kappa shape index (κ3) is 20.0. The van der Waals surface area contributed by atoms with Crippen LogP contribution in [0.5, 0.6) is 0 Å². The summed E-state index contributed by atoms with van der Waals surface area (Å²) >= 11 is 6.70. The fourth-order valence-electron chi connectivity index (χ4n) is 26.7. The number of Topliss-reactive ketones (excluding diaryl/α,β-unsaturated/α-hetero) is 4. The largest absolute Gasteiger partial charge is 0.459 e. The fourth-order valence-corrected chi connectivity index (χ4v) is 27.1. The molecule has 0 aromatic rings. The predicted molar refractivity (Wildman–Crippen MR) is 436 cm³/mol. The molecule has 0 amide bonds. The van der Waals surface area contributed by atoms with E-state index in [0.717, 1.165) is 20.8 Å². The van der Waals surface area contributed by atoms with Crippen LogP contribution in [0, 0.1) is 419 Å². The van der Waals surface area contributed by atoms with Gasteiger partial charge in [-0.2, -0.15) is 0 Å². The van der Waals surface area contributed by atoms with Gasteiger partial charge in [-0.15, -0.1) is 11.6 Å². The minimum Gasteiger partial charge on any atom is -0.459 e. The van der Waals surface area contributed by atoms with Crippen LogP contribution in [0.1, 0.15) is 197 Å². The van der Waals surface area contributed by atoms with Gasteiger partial charge in [0, 0.05) is 476 Å². The molecule has 4 heterocycles. The van der Waals surface area contributed by atoms with Gasteiger partial charge in [0.05, 0.1) is 116 Å². The van der Waals surface area contributed by atoms with E-state index >= 15 is 4.39 Å². The number of rotatable bonds is 4. The Morgan fingerprint density at radius 3 is 0.741 bits per heavy atom. The first kappa shape index (κ1) is 134. The number of carbonyl (C=O) groups is 8. The summed E-state index contributed by atoms with van der Waals surface area (Å²) in [6, 6.07) is 0. The van der Waals surface area contributed by atoms with E-state index in [-0.39, 0.29) is 459 Å². The second-order valence-corrected chi connectivity index (χ2v) is 42.6. The molecule has 0 aromatic heterocycles. The number of ketones is 4. The van der Waals surface area contributed by atoms with E-state index in [1.165, 1.54) is 34.6 Å². The van der Waals surface area contributed by atoms with Crippen molar-refractivity contribution in [3.05, 3.63) is 44.6 Å². The van der Waals surface area contributed by atoms with E-state index in [9.17, 15) is 135 Å². The predicted octanol–water partition coefficient (Wildman–Crippen LogP) is 0.0679. The van der Waals surface area contributed by atoms with E-state index in [2.05, 4.69) is 0 Å². The standard InChI is InChI=1S/C22H31ClO8.C22H31FO8.2C22H32O9.C2H5F.8Ac/c2*1-9-11(25)7-22(29)18(31-10(2)24)16-20(5,12(23)6-13-21(16,28)8-30-13)17(27)15(26)14(9)19(22,3)4;2*1-9-11(24)7-22(29)18(31-10(2)23)16-20(5,12(25)6-13-21(16,28)8-30-13)17(27)15(26)14(9)19(22,3)4;1-2-3;;;;;;;;/h2*11-13,15-16,18,25-26,28-29H,6-8H2,1-5H3;2*11-13,15-16,18,24-26,28-29H,6-8H2,1-5H3;2H2,1H3;;;;;;;;/t2*11-,12?,13+,15+,16?,18-,20+,21-,22+;2*11-,12-,13+,15+,16?,18-,20+,21-,22+;;;;;;;;;/m0000........./s1. The van der Waals surface area contributed by atoms with E-state index in [1.807, 2.05) is 0 Å². The van der Waals surface area contributed by atoms with Gasteiger partial charge in [0.15, 0.2) is 23.1 Å². The van der Waals surface area contributed by atoms with Crippen molar-refractivity contribution in [3.8, 4) is 0 Å². The Kier molecular flexibility index (Phi) is 45.5. The summed E-state index contributed by atoms with van der Waals surface area (Å²) in [6.45, 7) is 30.1. The van der Waals surface area contributed by atoms with Gasteiger partial charge in [0.1, 0.15) is 99.8 Å². The van der Waals surface area contributed by atoms with E-state index in [4.69, 9.17) is 49.5 Å². The van der Waals surface area contributed by atoms with Crippen molar-refractivity contribution in [3.63, 3.8) is 0 Å². The number of carbonyl (C=O) groups excluding carboxylic acids is 8. The SMILES string of the molecule is CC(=O)O[C@H]1C2[C@](C)(C(=O)[C@H](O)C3=C(C)[C@@H](O)C[C@]1(O)C3(C)C)C(Cl)C[C@H]1OC[C@@]21O.CC(=O)O[C@H]1C2[C@](C)(C(=O)[C@H](O)C3=C(C)[C@@H](O)C[C@]1(O)C3(C)C)C(F)C[C@H]1OC[C@@]21O.CC(=O)O[C@H]1C2[C@]3(O)CO[C@@H]3C[C@H](O)[C@@]2(C)C(=O)[C@H](O)C2=C(C)[C@@H](O)C[C@]1(O)C2(C)C.CC(=O)O[C@H]1C2[C@]3(O)CO[C@@H]3C[C@H](O)[C@@]2(C)C(=O)[C@H](O)C2=C(C)[C@@H](O)C[C@]1(O)C2(C)C.CCF.[Ac].[Ac].[Ac].[Ac].[Ac].[Ac].[Ac].[Ac]. The molecule has 740 valence electrons. The van der Waals surface area contributed by atoms with Gasteiger partial charge < -0.3 is 130 Å². The van der Waals surface area contributed by atoms with Crippen LogP contribution in [0.15, 0.2) is 44.6 Å². The Morgan fingerprint density at radius 2 is 0.533 bits per heavy atom. The molecule has 8 saturated carbocycles. The number of esters is 4. The molecule has 0 spiro atoms. The van der Waals surface area contributed by atoms with Crippen LogP contribution >= 0.6 is 11.6 Å². The van der Waals surface area contributed by atoms with Crippen molar-refractivity contribution >= 4 is 58.6 Å². The molecule has 45 heteroatoms. The van der Waals surface area contributed by atoms with Crippen molar-refractivity contribution < 1.29 is 529 Å². The number of aliphatic hydroxyl groups excluding tert-OH is 10. The van der Waals surface area contributed by atoms with Gasteiger partial charge in [0.2, 0.25) is 0 Å². The van der Waals surface area contributed by atoms with Crippen molar-refractivity contribution in [2.75, 3.05) is 33.1 Å². The van der Waals surface area contributed by atoms with E-state index in [0.29, 0.717) is 22.3 Å². The van der Waals surface area contributed by atoms with Crippen molar-refractivity contribution in [1.82, 2.24) is 0 Å². The van der Waals surface area contributed by atoms with Gasteiger partial charge >= 0.3 is 23.9 Å². The molecular formula is C90H131Ac8ClF2O34. The smallest absolute Gasteiger partial charge is 0.303 e. The number of ether oxygens (including phenoxy) is 8. The molecule has 8 bridgehead atoms. The Morgan fingerprint density at radius 1 is 0.348 bits per heavy atom. The summed E-state index contributed by atoms with van der Waals surface area (Å²) < 4.78 is 70.3. The summed E-state index contributed by atoms with van der Waals surface area (Å²) in [4.78, 5) is 104. The maximum atomic E-state index is 15.6. The Hall–Kier alpha value is 6.32. The minimum absolute atomic E-state index is 0. The summed E-state index contributed by atoms with van der Waals surface area (Å²) in [5.41, 5.74) is -24.7. The molecule has 6 unspecified atom stereocenters. The van der Waals surface area contributed by atoms with Crippen molar-refractivity contribution in [2.24, 2.45) is 67.0 Å². The second-order valence-electron chi connectivity index (χ2n) is 42.0. The molecular weight excluding hydrogens is 3510 g/mol. The van der Waals surface area contributed by atoms with Crippen molar-refractivity contribution in [2.45, 2.75) is 363 Å². The van der Waals surface area contributed by atoms with Crippen LogP contribution in [0.25, 0.3) is 0 Å². The first-order valence-corrected chi connectivity index (χ1v) is 44.0. The average Bonchev–Trinajstić information content (AvgIpc) is 0.685. The van der Waals surface area contributed by atoms with Gasteiger partial charge in [-0.1, -0.05) is 62.3 Å². The van der Waals surface area contributed by atoms with Crippen LogP contribution in [0.4, 0.5) is 8.78 Å².